The SMILES string of the molecule is CC.Cc1cccc(-c2ccc(C)nc2)c1. The second kappa shape index (κ2) is 6.06. The average Bonchev–Trinajstić information content (AvgIpc) is 2.32. The Bertz CT molecular complexity index is 429. The highest BCUT2D eigenvalue weighted by Crippen LogP contribution is 2.19. The van der Waals surface area contributed by atoms with Crippen molar-refractivity contribution < 1.29 is 0 Å². The minimum Gasteiger partial charge on any atom is -0.261 e. The molecular formula is C15H19N. The summed E-state index contributed by atoms with van der Waals surface area (Å²) in [5, 5.41) is 0. The first kappa shape index (κ1) is 12.4. The lowest BCUT2D eigenvalue weighted by atomic mass is 10.1. The number of rotatable bonds is 1. The molecule has 0 saturated carbocycles. The zero-order valence-electron chi connectivity index (χ0n) is 10.5. The normalized spacial score (nSPS) is 9.25. The molecule has 1 heterocycles. The van der Waals surface area contributed by atoms with Gasteiger partial charge in [0.15, 0.2) is 0 Å². The lowest BCUT2D eigenvalue weighted by Crippen LogP contribution is -1.83. The van der Waals surface area contributed by atoms with Gasteiger partial charge >= 0.3 is 0 Å². The van der Waals surface area contributed by atoms with Gasteiger partial charge in [-0.1, -0.05) is 49.7 Å². The third-order valence-electron chi connectivity index (χ3n) is 2.26. The van der Waals surface area contributed by atoms with Gasteiger partial charge in [-0.3, -0.25) is 4.98 Å². The van der Waals surface area contributed by atoms with E-state index in [1.54, 1.807) is 0 Å². The Hall–Kier alpha value is -1.63. The highest BCUT2D eigenvalue weighted by atomic mass is 14.7. The summed E-state index contributed by atoms with van der Waals surface area (Å²) in [5.41, 5.74) is 4.75. The van der Waals surface area contributed by atoms with Crippen LogP contribution in [0.2, 0.25) is 0 Å². The Kier molecular flexibility index (Phi) is 4.71. The first-order valence-corrected chi connectivity index (χ1v) is 5.75. The standard InChI is InChI=1S/C13H13N.C2H6/c1-10-4-3-5-12(8-10)13-7-6-11(2)14-9-13;1-2/h3-9H,1-2H3;1-2H3. The van der Waals surface area contributed by atoms with Crippen LogP contribution in [0, 0.1) is 13.8 Å². The number of nitrogens with zero attached hydrogens (tertiary/aromatic N) is 1. The van der Waals surface area contributed by atoms with Crippen LogP contribution in [0.1, 0.15) is 25.1 Å². The van der Waals surface area contributed by atoms with E-state index in [-0.39, 0.29) is 0 Å². The minimum atomic E-state index is 1.06. The first-order chi connectivity index (χ1) is 7.75. The summed E-state index contributed by atoms with van der Waals surface area (Å²) in [7, 11) is 0. The fourth-order valence-electron chi connectivity index (χ4n) is 1.46. The minimum absolute atomic E-state index is 1.06. The summed E-state index contributed by atoms with van der Waals surface area (Å²) in [4.78, 5) is 4.29. The van der Waals surface area contributed by atoms with Crippen LogP contribution in [0.15, 0.2) is 42.6 Å². The third kappa shape index (κ3) is 3.20. The lowest BCUT2D eigenvalue weighted by molar-refractivity contribution is 1.20. The van der Waals surface area contributed by atoms with Crippen molar-refractivity contribution in [3.05, 3.63) is 53.9 Å². The van der Waals surface area contributed by atoms with Crippen molar-refractivity contribution in [3.8, 4) is 11.1 Å². The molecule has 0 aliphatic rings. The molecule has 0 atom stereocenters. The summed E-state index contributed by atoms with van der Waals surface area (Å²) < 4.78 is 0. The van der Waals surface area contributed by atoms with Gasteiger partial charge < -0.3 is 0 Å². The topological polar surface area (TPSA) is 12.9 Å². The van der Waals surface area contributed by atoms with Crippen molar-refractivity contribution >= 4 is 0 Å². The molecule has 1 aromatic carbocycles. The van der Waals surface area contributed by atoms with E-state index in [4.69, 9.17) is 0 Å². The molecule has 84 valence electrons. The van der Waals surface area contributed by atoms with E-state index in [1.807, 2.05) is 33.0 Å². The summed E-state index contributed by atoms with van der Waals surface area (Å²) in [6, 6.07) is 12.6. The van der Waals surface area contributed by atoms with Crippen LogP contribution >= 0.6 is 0 Å². The molecule has 0 spiro atoms. The number of aryl methyl sites for hydroxylation is 2. The fourth-order valence-corrected chi connectivity index (χ4v) is 1.46. The van der Waals surface area contributed by atoms with Crippen LogP contribution in [0.25, 0.3) is 11.1 Å². The van der Waals surface area contributed by atoms with E-state index in [1.165, 1.54) is 16.7 Å². The van der Waals surface area contributed by atoms with Crippen molar-refractivity contribution in [3.63, 3.8) is 0 Å². The lowest BCUT2D eigenvalue weighted by Gasteiger charge is -2.02. The molecule has 2 rings (SSSR count). The van der Waals surface area contributed by atoms with Gasteiger partial charge in [0.05, 0.1) is 0 Å². The van der Waals surface area contributed by atoms with Gasteiger partial charge in [0, 0.05) is 17.5 Å². The third-order valence-corrected chi connectivity index (χ3v) is 2.26. The fraction of sp³-hybridized carbons (Fsp3) is 0.267. The number of aromatic nitrogens is 1. The predicted molar refractivity (Wildman–Crippen MR) is 70.5 cm³/mol. The Morgan fingerprint density at radius 3 is 2.19 bits per heavy atom. The number of hydrogen-bond acceptors (Lipinski definition) is 1. The predicted octanol–water partition coefficient (Wildman–Crippen LogP) is 4.39. The Labute approximate surface area is 98.2 Å². The molecule has 2 aromatic rings. The highest BCUT2D eigenvalue weighted by Gasteiger charge is 1.96. The molecule has 0 bridgehead atoms. The molecule has 1 heteroatoms. The van der Waals surface area contributed by atoms with Crippen molar-refractivity contribution in [2.45, 2.75) is 27.7 Å². The zero-order chi connectivity index (χ0) is 12.0. The molecule has 0 unspecified atom stereocenters. The van der Waals surface area contributed by atoms with Crippen molar-refractivity contribution in [2.75, 3.05) is 0 Å². The van der Waals surface area contributed by atoms with Gasteiger partial charge in [-0.2, -0.15) is 0 Å². The van der Waals surface area contributed by atoms with E-state index in [2.05, 4.69) is 42.2 Å². The van der Waals surface area contributed by atoms with Gasteiger partial charge in [-0.05, 0) is 25.5 Å². The molecule has 0 N–H and O–H groups in total. The van der Waals surface area contributed by atoms with Crippen LogP contribution in [0.3, 0.4) is 0 Å². The molecule has 0 fully saturated rings. The van der Waals surface area contributed by atoms with Gasteiger partial charge in [0.1, 0.15) is 0 Å². The van der Waals surface area contributed by atoms with Crippen molar-refractivity contribution in [1.29, 1.82) is 0 Å². The average molecular weight is 213 g/mol. The van der Waals surface area contributed by atoms with Gasteiger partial charge in [0.2, 0.25) is 0 Å². The number of hydrogen-bond donors (Lipinski definition) is 0. The maximum Gasteiger partial charge on any atom is 0.0373 e. The zero-order valence-corrected chi connectivity index (χ0v) is 10.5. The molecule has 0 radical (unpaired) electrons. The molecule has 1 aromatic heterocycles. The van der Waals surface area contributed by atoms with E-state index >= 15 is 0 Å². The summed E-state index contributed by atoms with van der Waals surface area (Å²) in [5.74, 6) is 0. The Morgan fingerprint density at radius 2 is 1.62 bits per heavy atom. The van der Waals surface area contributed by atoms with E-state index in [0.29, 0.717) is 0 Å². The molecular weight excluding hydrogens is 194 g/mol. The van der Waals surface area contributed by atoms with Crippen molar-refractivity contribution in [2.24, 2.45) is 0 Å². The summed E-state index contributed by atoms with van der Waals surface area (Å²) in [6.07, 6.45) is 1.92. The molecule has 0 amide bonds. The molecule has 16 heavy (non-hydrogen) atoms. The largest absolute Gasteiger partial charge is 0.261 e. The molecule has 1 nitrogen and oxygen atoms in total. The second-order valence-corrected chi connectivity index (χ2v) is 3.56. The quantitative estimate of drug-likeness (QED) is 0.684. The molecule has 0 aliphatic heterocycles. The van der Waals surface area contributed by atoms with Gasteiger partial charge in [0.25, 0.3) is 0 Å². The van der Waals surface area contributed by atoms with Gasteiger partial charge in [-0.25, -0.2) is 0 Å². The first-order valence-electron chi connectivity index (χ1n) is 5.75. The Balaban J connectivity index is 0.000000606. The Morgan fingerprint density at radius 1 is 0.875 bits per heavy atom. The van der Waals surface area contributed by atoms with E-state index in [0.717, 1.165) is 5.69 Å². The monoisotopic (exact) mass is 213 g/mol. The molecule has 0 saturated heterocycles. The van der Waals surface area contributed by atoms with E-state index in [9.17, 15) is 0 Å². The highest BCUT2D eigenvalue weighted by molar-refractivity contribution is 5.63. The van der Waals surface area contributed by atoms with Crippen LogP contribution in [-0.2, 0) is 0 Å². The number of benzene rings is 1. The molecule has 0 aliphatic carbocycles. The van der Waals surface area contributed by atoms with E-state index < -0.39 is 0 Å². The van der Waals surface area contributed by atoms with Crippen LogP contribution < -0.4 is 0 Å². The summed E-state index contributed by atoms with van der Waals surface area (Å²) in [6.45, 7) is 8.10. The van der Waals surface area contributed by atoms with Crippen LogP contribution in [-0.4, -0.2) is 4.98 Å². The van der Waals surface area contributed by atoms with Crippen LogP contribution in [0.4, 0.5) is 0 Å². The maximum atomic E-state index is 4.29. The van der Waals surface area contributed by atoms with Gasteiger partial charge in [-0.15, -0.1) is 0 Å². The van der Waals surface area contributed by atoms with Crippen molar-refractivity contribution in [1.82, 2.24) is 4.98 Å². The number of pyridine rings is 1. The van der Waals surface area contributed by atoms with Crippen LogP contribution in [0.5, 0.6) is 0 Å². The maximum absolute atomic E-state index is 4.29. The second-order valence-electron chi connectivity index (χ2n) is 3.56. The summed E-state index contributed by atoms with van der Waals surface area (Å²) >= 11 is 0. The smallest absolute Gasteiger partial charge is 0.0373 e.